The first kappa shape index (κ1) is 12.9. The van der Waals surface area contributed by atoms with E-state index in [9.17, 15) is 18.0 Å². The topological polar surface area (TPSA) is 30.2 Å². The molecule has 0 radical (unpaired) electrons. The predicted molar refractivity (Wildman–Crippen MR) is 61.3 cm³/mol. The van der Waals surface area contributed by atoms with E-state index in [0.29, 0.717) is 4.47 Å². The first-order valence-electron chi connectivity index (χ1n) is 4.83. The number of rotatable bonds is 2. The molecule has 0 atom stereocenters. The van der Waals surface area contributed by atoms with Crippen LogP contribution in [0.4, 0.5) is 13.2 Å². The lowest BCUT2D eigenvalue weighted by molar-refractivity contribution is -0.137. The summed E-state index contributed by atoms with van der Waals surface area (Å²) in [6.45, 7) is 0. The maximum absolute atomic E-state index is 12.6. The Hall–Kier alpha value is -1.56. The number of carbonyl (C=O) groups is 1. The third kappa shape index (κ3) is 2.48. The van der Waals surface area contributed by atoms with Crippen LogP contribution in [0.2, 0.25) is 0 Å². The number of furan rings is 1. The minimum atomic E-state index is -4.48. The molecule has 1 aromatic carbocycles. The minimum absolute atomic E-state index is 0.0498. The summed E-state index contributed by atoms with van der Waals surface area (Å²) in [5, 5.41) is 0. The van der Waals surface area contributed by atoms with Gasteiger partial charge in [0.05, 0.1) is 17.4 Å². The Labute approximate surface area is 109 Å². The SMILES string of the molecule is O=C(c1ccoc1)c1cc(C(F)(F)F)ccc1Br. The van der Waals surface area contributed by atoms with E-state index in [2.05, 4.69) is 15.9 Å². The van der Waals surface area contributed by atoms with E-state index in [1.54, 1.807) is 0 Å². The highest BCUT2D eigenvalue weighted by atomic mass is 79.9. The van der Waals surface area contributed by atoms with E-state index < -0.39 is 17.5 Å². The van der Waals surface area contributed by atoms with Crippen LogP contribution in [0.5, 0.6) is 0 Å². The number of halogens is 4. The Morgan fingerprint density at radius 3 is 2.50 bits per heavy atom. The van der Waals surface area contributed by atoms with Crippen molar-refractivity contribution >= 4 is 21.7 Å². The summed E-state index contributed by atoms with van der Waals surface area (Å²) in [5.74, 6) is -0.526. The first-order chi connectivity index (χ1) is 8.39. The standard InChI is InChI=1S/C12H6BrF3O2/c13-10-2-1-8(12(14,15)16)5-9(10)11(17)7-3-4-18-6-7/h1-6H. The van der Waals surface area contributed by atoms with Gasteiger partial charge in [-0.25, -0.2) is 0 Å². The number of hydrogen-bond acceptors (Lipinski definition) is 2. The molecular formula is C12H6BrF3O2. The molecule has 94 valence electrons. The van der Waals surface area contributed by atoms with Crippen LogP contribution in [0.1, 0.15) is 21.5 Å². The molecule has 18 heavy (non-hydrogen) atoms. The van der Waals surface area contributed by atoms with Crippen molar-refractivity contribution in [2.45, 2.75) is 6.18 Å². The molecule has 0 aliphatic carbocycles. The molecule has 1 aromatic heterocycles. The van der Waals surface area contributed by atoms with Crippen LogP contribution < -0.4 is 0 Å². The van der Waals surface area contributed by atoms with Crippen LogP contribution in [0.15, 0.2) is 45.7 Å². The fourth-order valence-electron chi connectivity index (χ4n) is 1.42. The zero-order chi connectivity index (χ0) is 13.3. The molecule has 2 aromatic rings. The van der Waals surface area contributed by atoms with E-state index in [0.717, 1.165) is 12.1 Å². The van der Waals surface area contributed by atoms with E-state index in [-0.39, 0.29) is 11.1 Å². The molecule has 6 heteroatoms. The van der Waals surface area contributed by atoms with Crippen molar-refractivity contribution in [3.05, 3.63) is 58.0 Å². The second-order valence-electron chi connectivity index (χ2n) is 3.53. The number of carbonyl (C=O) groups excluding carboxylic acids is 1. The Bertz CT molecular complexity index is 574. The van der Waals surface area contributed by atoms with Crippen LogP contribution in [0, 0.1) is 0 Å². The average molecular weight is 319 g/mol. The third-order valence-electron chi connectivity index (χ3n) is 2.32. The van der Waals surface area contributed by atoms with Crippen molar-refractivity contribution in [3.63, 3.8) is 0 Å². The third-order valence-corrected chi connectivity index (χ3v) is 3.01. The van der Waals surface area contributed by atoms with Crippen LogP contribution in [-0.2, 0) is 6.18 Å². The molecule has 0 bridgehead atoms. The molecule has 0 amide bonds. The molecule has 1 heterocycles. The fourth-order valence-corrected chi connectivity index (χ4v) is 1.85. The zero-order valence-corrected chi connectivity index (χ0v) is 10.4. The zero-order valence-electron chi connectivity index (χ0n) is 8.79. The van der Waals surface area contributed by atoms with Crippen molar-refractivity contribution < 1.29 is 22.4 Å². The molecule has 0 fully saturated rings. The lowest BCUT2D eigenvalue weighted by Crippen LogP contribution is -2.08. The van der Waals surface area contributed by atoms with Gasteiger partial charge in [-0.3, -0.25) is 4.79 Å². The summed E-state index contributed by atoms with van der Waals surface area (Å²) in [7, 11) is 0. The molecule has 0 saturated carbocycles. The van der Waals surface area contributed by atoms with Crippen LogP contribution in [0.3, 0.4) is 0 Å². The van der Waals surface area contributed by atoms with Gasteiger partial charge in [-0.1, -0.05) is 15.9 Å². The van der Waals surface area contributed by atoms with Gasteiger partial charge in [0.1, 0.15) is 6.26 Å². The van der Waals surface area contributed by atoms with Gasteiger partial charge >= 0.3 is 6.18 Å². The summed E-state index contributed by atoms with van der Waals surface area (Å²) in [5.41, 5.74) is -0.709. The Kier molecular flexibility index (Phi) is 3.30. The van der Waals surface area contributed by atoms with Crippen LogP contribution >= 0.6 is 15.9 Å². The molecule has 0 N–H and O–H groups in total. The van der Waals surface area contributed by atoms with Crippen LogP contribution in [-0.4, -0.2) is 5.78 Å². The minimum Gasteiger partial charge on any atom is -0.472 e. The van der Waals surface area contributed by atoms with Crippen molar-refractivity contribution in [2.75, 3.05) is 0 Å². The van der Waals surface area contributed by atoms with Crippen molar-refractivity contribution in [3.8, 4) is 0 Å². The Morgan fingerprint density at radius 1 is 1.22 bits per heavy atom. The summed E-state index contributed by atoms with van der Waals surface area (Å²) >= 11 is 3.06. The summed E-state index contributed by atoms with van der Waals surface area (Å²) in [6, 6.07) is 4.33. The molecule has 2 rings (SSSR count). The molecule has 0 unspecified atom stereocenters. The predicted octanol–water partition coefficient (Wildman–Crippen LogP) is 4.29. The van der Waals surface area contributed by atoms with Gasteiger partial charge in [-0.15, -0.1) is 0 Å². The highest BCUT2D eigenvalue weighted by Crippen LogP contribution is 2.32. The second kappa shape index (κ2) is 4.61. The lowest BCUT2D eigenvalue weighted by atomic mass is 10.0. The van der Waals surface area contributed by atoms with Crippen LogP contribution in [0.25, 0.3) is 0 Å². The quantitative estimate of drug-likeness (QED) is 0.773. The highest BCUT2D eigenvalue weighted by Gasteiger charge is 2.31. The van der Waals surface area contributed by atoms with Gasteiger partial charge in [0.25, 0.3) is 0 Å². The Balaban J connectivity index is 2.48. The number of benzene rings is 1. The molecule has 0 spiro atoms. The number of hydrogen-bond donors (Lipinski definition) is 0. The lowest BCUT2D eigenvalue weighted by Gasteiger charge is -2.09. The van der Waals surface area contributed by atoms with Crippen molar-refractivity contribution in [1.29, 1.82) is 0 Å². The van der Waals surface area contributed by atoms with Gasteiger partial charge in [0.15, 0.2) is 5.78 Å². The fraction of sp³-hybridized carbons (Fsp3) is 0.0833. The molecule has 2 nitrogen and oxygen atoms in total. The summed E-state index contributed by atoms with van der Waals surface area (Å²) in [4.78, 5) is 12.0. The molecule has 0 aliphatic heterocycles. The van der Waals surface area contributed by atoms with Gasteiger partial charge in [-0.2, -0.15) is 13.2 Å². The maximum atomic E-state index is 12.6. The largest absolute Gasteiger partial charge is 0.472 e. The van der Waals surface area contributed by atoms with Gasteiger partial charge in [-0.05, 0) is 24.3 Å². The van der Waals surface area contributed by atoms with Gasteiger partial charge < -0.3 is 4.42 Å². The van der Waals surface area contributed by atoms with Crippen molar-refractivity contribution in [2.24, 2.45) is 0 Å². The molecule has 0 saturated heterocycles. The number of alkyl halides is 3. The molecular weight excluding hydrogens is 313 g/mol. The molecule has 0 aliphatic rings. The first-order valence-corrected chi connectivity index (χ1v) is 5.62. The summed E-state index contributed by atoms with van der Waals surface area (Å²) < 4.78 is 42.7. The monoisotopic (exact) mass is 318 g/mol. The highest BCUT2D eigenvalue weighted by molar-refractivity contribution is 9.10. The van der Waals surface area contributed by atoms with E-state index in [1.807, 2.05) is 0 Å². The van der Waals surface area contributed by atoms with Gasteiger partial charge in [0.2, 0.25) is 0 Å². The average Bonchev–Trinajstić information content (AvgIpc) is 2.80. The number of ketones is 1. The summed E-state index contributed by atoms with van der Waals surface area (Å²) in [6.07, 6.45) is -2.00. The van der Waals surface area contributed by atoms with E-state index >= 15 is 0 Å². The van der Waals surface area contributed by atoms with Gasteiger partial charge in [0, 0.05) is 10.0 Å². The van der Waals surface area contributed by atoms with E-state index in [4.69, 9.17) is 4.42 Å². The smallest absolute Gasteiger partial charge is 0.416 e. The maximum Gasteiger partial charge on any atom is 0.416 e. The second-order valence-corrected chi connectivity index (χ2v) is 4.39. The Morgan fingerprint density at radius 2 is 1.94 bits per heavy atom. The van der Waals surface area contributed by atoms with Crippen molar-refractivity contribution in [1.82, 2.24) is 0 Å². The normalized spacial score (nSPS) is 11.6. The van der Waals surface area contributed by atoms with E-state index in [1.165, 1.54) is 24.7 Å².